The maximum atomic E-state index is 12.0. The number of benzene rings is 2. The van der Waals surface area contributed by atoms with Crippen LogP contribution in [0, 0.1) is 5.92 Å². The average molecular weight is 393 g/mol. The second-order valence-electron chi connectivity index (χ2n) is 8.79. The van der Waals surface area contributed by atoms with Crippen LogP contribution in [0.1, 0.15) is 82.3 Å². The molecule has 0 N–H and O–H groups in total. The summed E-state index contributed by atoms with van der Waals surface area (Å²) in [6.45, 7) is 5.98. The number of ketones is 1. The Hall–Kier alpha value is -1.93. The highest BCUT2D eigenvalue weighted by atomic mass is 16.5. The van der Waals surface area contributed by atoms with E-state index in [2.05, 4.69) is 62.4 Å². The van der Waals surface area contributed by atoms with Gasteiger partial charge < -0.3 is 4.74 Å². The first kappa shape index (κ1) is 21.8. The molecule has 1 aliphatic rings. The Kier molecular flexibility index (Phi) is 8.49. The van der Waals surface area contributed by atoms with Crippen molar-refractivity contribution < 1.29 is 9.53 Å². The SMILES string of the molecule is CC(C)CCCCCC(=O)CCCCOCC1c2ccccc2-c2ccccc21. The Morgan fingerprint density at radius 1 is 0.828 bits per heavy atom. The highest BCUT2D eigenvalue weighted by Gasteiger charge is 2.27. The fourth-order valence-electron chi connectivity index (χ4n) is 4.34. The Bertz CT molecular complexity index is 732. The summed E-state index contributed by atoms with van der Waals surface area (Å²) in [6.07, 6.45) is 8.17. The van der Waals surface area contributed by atoms with Crippen LogP contribution in [0.5, 0.6) is 0 Å². The number of unbranched alkanes of at least 4 members (excludes halogenated alkanes) is 3. The molecule has 0 fully saturated rings. The van der Waals surface area contributed by atoms with Crippen LogP contribution >= 0.6 is 0 Å². The van der Waals surface area contributed by atoms with E-state index in [1.54, 1.807) is 0 Å². The molecule has 3 rings (SSSR count). The van der Waals surface area contributed by atoms with Crippen LogP contribution in [0.3, 0.4) is 0 Å². The lowest BCUT2D eigenvalue weighted by atomic mass is 9.98. The van der Waals surface area contributed by atoms with E-state index in [0.717, 1.165) is 44.8 Å². The molecule has 0 aliphatic heterocycles. The first-order valence-corrected chi connectivity index (χ1v) is 11.4. The lowest BCUT2D eigenvalue weighted by molar-refractivity contribution is -0.119. The predicted molar refractivity (Wildman–Crippen MR) is 121 cm³/mol. The fraction of sp³-hybridized carbons (Fsp3) is 0.519. The van der Waals surface area contributed by atoms with Gasteiger partial charge in [-0.05, 0) is 47.4 Å². The first-order chi connectivity index (χ1) is 14.2. The minimum absolute atomic E-state index is 0.329. The molecule has 0 heterocycles. The summed E-state index contributed by atoms with van der Waals surface area (Å²) < 4.78 is 6.04. The molecule has 0 unspecified atom stereocenters. The van der Waals surface area contributed by atoms with Crippen LogP contribution in [0.25, 0.3) is 11.1 Å². The van der Waals surface area contributed by atoms with Gasteiger partial charge in [0, 0.05) is 25.4 Å². The van der Waals surface area contributed by atoms with Gasteiger partial charge in [-0.3, -0.25) is 4.79 Å². The molecule has 1 aliphatic carbocycles. The summed E-state index contributed by atoms with van der Waals surface area (Å²) >= 11 is 0. The number of hydrogen-bond donors (Lipinski definition) is 0. The third-order valence-electron chi connectivity index (χ3n) is 5.98. The van der Waals surface area contributed by atoms with E-state index in [1.165, 1.54) is 41.5 Å². The molecular weight excluding hydrogens is 356 g/mol. The van der Waals surface area contributed by atoms with Gasteiger partial charge in [0.05, 0.1) is 6.61 Å². The monoisotopic (exact) mass is 392 g/mol. The van der Waals surface area contributed by atoms with Crippen LogP contribution in [0.4, 0.5) is 0 Å². The van der Waals surface area contributed by atoms with Crippen LogP contribution < -0.4 is 0 Å². The highest BCUT2D eigenvalue weighted by Crippen LogP contribution is 2.44. The van der Waals surface area contributed by atoms with Crippen molar-refractivity contribution in [1.29, 1.82) is 0 Å². The van der Waals surface area contributed by atoms with Gasteiger partial charge in [-0.15, -0.1) is 0 Å². The number of carbonyl (C=O) groups excluding carboxylic acids is 1. The maximum Gasteiger partial charge on any atom is 0.132 e. The summed E-state index contributed by atoms with van der Waals surface area (Å²) in [5.41, 5.74) is 5.44. The summed E-state index contributed by atoms with van der Waals surface area (Å²) in [5.74, 6) is 1.53. The zero-order chi connectivity index (χ0) is 20.5. The third kappa shape index (κ3) is 6.27. The Balaban J connectivity index is 1.32. The van der Waals surface area contributed by atoms with Gasteiger partial charge in [-0.25, -0.2) is 0 Å². The van der Waals surface area contributed by atoms with Gasteiger partial charge in [0.2, 0.25) is 0 Å². The molecule has 0 saturated heterocycles. The van der Waals surface area contributed by atoms with Crippen LogP contribution in [-0.2, 0) is 9.53 Å². The summed E-state index contributed by atoms with van der Waals surface area (Å²) in [4.78, 5) is 12.0. The van der Waals surface area contributed by atoms with Gasteiger partial charge in [-0.1, -0.05) is 81.6 Å². The van der Waals surface area contributed by atoms with Crippen molar-refractivity contribution in [2.45, 2.75) is 71.1 Å². The average Bonchev–Trinajstić information content (AvgIpc) is 3.04. The molecule has 2 aromatic carbocycles. The third-order valence-corrected chi connectivity index (χ3v) is 5.98. The first-order valence-electron chi connectivity index (χ1n) is 11.4. The Labute approximate surface area is 176 Å². The van der Waals surface area contributed by atoms with Gasteiger partial charge in [0.25, 0.3) is 0 Å². The van der Waals surface area contributed by atoms with Crippen molar-refractivity contribution in [3.05, 3.63) is 59.7 Å². The molecule has 156 valence electrons. The molecule has 0 saturated carbocycles. The molecular formula is C27H36O2. The Morgan fingerprint density at radius 2 is 1.41 bits per heavy atom. The molecule has 2 heteroatoms. The van der Waals surface area contributed by atoms with E-state index in [-0.39, 0.29) is 0 Å². The largest absolute Gasteiger partial charge is 0.380 e. The van der Waals surface area contributed by atoms with Crippen LogP contribution in [0.15, 0.2) is 48.5 Å². The number of fused-ring (bicyclic) bond motifs is 3. The van der Waals surface area contributed by atoms with E-state index in [4.69, 9.17) is 4.74 Å². The lowest BCUT2D eigenvalue weighted by Crippen LogP contribution is -2.08. The predicted octanol–water partition coefficient (Wildman–Crippen LogP) is 7.16. The fourth-order valence-corrected chi connectivity index (χ4v) is 4.34. The molecule has 0 bridgehead atoms. The number of Topliss-reactive ketones (excluding diaryl/α,β-unsaturated/α-hetero) is 1. The van der Waals surface area contributed by atoms with Gasteiger partial charge in [0.15, 0.2) is 0 Å². The van der Waals surface area contributed by atoms with Gasteiger partial charge >= 0.3 is 0 Å². The number of ether oxygens (including phenoxy) is 1. The lowest BCUT2D eigenvalue weighted by Gasteiger charge is -2.14. The molecule has 0 spiro atoms. The van der Waals surface area contributed by atoms with Crippen molar-refractivity contribution >= 4 is 5.78 Å². The smallest absolute Gasteiger partial charge is 0.132 e. The van der Waals surface area contributed by atoms with Crippen molar-refractivity contribution in [3.8, 4) is 11.1 Å². The van der Waals surface area contributed by atoms with Gasteiger partial charge in [0.1, 0.15) is 5.78 Å². The maximum absolute atomic E-state index is 12.0. The molecule has 0 amide bonds. The van der Waals surface area contributed by atoms with Crippen LogP contribution in [-0.4, -0.2) is 19.0 Å². The van der Waals surface area contributed by atoms with Crippen molar-refractivity contribution in [2.24, 2.45) is 5.92 Å². The molecule has 0 aromatic heterocycles. The second kappa shape index (κ2) is 11.3. The number of hydrogen-bond acceptors (Lipinski definition) is 2. The van der Waals surface area contributed by atoms with E-state index >= 15 is 0 Å². The minimum Gasteiger partial charge on any atom is -0.380 e. The Morgan fingerprint density at radius 3 is 2.03 bits per heavy atom. The molecule has 29 heavy (non-hydrogen) atoms. The highest BCUT2D eigenvalue weighted by molar-refractivity contribution is 5.79. The van der Waals surface area contributed by atoms with Crippen LogP contribution in [0.2, 0.25) is 0 Å². The van der Waals surface area contributed by atoms with E-state index < -0.39 is 0 Å². The summed E-state index contributed by atoms with van der Waals surface area (Å²) in [7, 11) is 0. The zero-order valence-electron chi connectivity index (χ0n) is 18.2. The molecule has 2 nitrogen and oxygen atoms in total. The van der Waals surface area contributed by atoms with Crippen molar-refractivity contribution in [2.75, 3.05) is 13.2 Å². The van der Waals surface area contributed by atoms with Crippen molar-refractivity contribution in [1.82, 2.24) is 0 Å². The molecule has 0 atom stereocenters. The summed E-state index contributed by atoms with van der Waals surface area (Å²) in [5, 5.41) is 0. The second-order valence-corrected chi connectivity index (χ2v) is 8.79. The van der Waals surface area contributed by atoms with Crippen molar-refractivity contribution in [3.63, 3.8) is 0 Å². The topological polar surface area (TPSA) is 26.3 Å². The molecule has 0 radical (unpaired) electrons. The number of rotatable bonds is 13. The zero-order valence-corrected chi connectivity index (χ0v) is 18.2. The minimum atomic E-state index is 0.329. The van der Waals surface area contributed by atoms with Gasteiger partial charge in [-0.2, -0.15) is 0 Å². The van der Waals surface area contributed by atoms with E-state index in [0.29, 0.717) is 18.1 Å². The van der Waals surface area contributed by atoms with E-state index in [1.807, 2.05) is 0 Å². The normalized spacial score (nSPS) is 12.9. The standard InChI is InChI=1S/C27H36O2/c1-21(2)12-4-3-5-13-22(28)14-10-11-19-29-20-27-25-17-8-6-15-23(25)24-16-7-9-18-26(24)27/h6-9,15-18,21,27H,3-5,10-14,19-20H2,1-2H3. The summed E-state index contributed by atoms with van der Waals surface area (Å²) in [6, 6.07) is 17.3. The number of carbonyl (C=O) groups is 1. The molecule has 2 aromatic rings. The van der Waals surface area contributed by atoms with E-state index in [9.17, 15) is 4.79 Å². The quantitative estimate of drug-likeness (QED) is 0.338.